The molecule has 2 rings (SSSR count). The van der Waals surface area contributed by atoms with E-state index in [-0.39, 0.29) is 11.9 Å². The number of aliphatic carboxylic acids is 1. The maximum absolute atomic E-state index is 10.8. The minimum Gasteiger partial charge on any atom is -0.481 e. The van der Waals surface area contributed by atoms with E-state index in [4.69, 9.17) is 28.3 Å². The normalized spacial score (nSPS) is 9.70. The number of anilines is 2. The third kappa shape index (κ3) is 3.87. The summed E-state index contributed by atoms with van der Waals surface area (Å²) in [6, 6.07) is 12.3. The molecule has 6 heteroatoms. The summed E-state index contributed by atoms with van der Waals surface area (Å²) in [5, 5.41) is 12.9. The Morgan fingerprint density at radius 1 is 1.05 bits per heavy atom. The quantitative estimate of drug-likeness (QED) is 0.905. The molecule has 4 nitrogen and oxygen atoms in total. The zero-order valence-corrected chi connectivity index (χ0v) is 11.9. The largest absolute Gasteiger partial charge is 0.481 e. The van der Waals surface area contributed by atoms with Gasteiger partial charge in [-0.1, -0.05) is 47.5 Å². The van der Waals surface area contributed by atoms with Crippen molar-refractivity contribution in [2.75, 3.05) is 5.32 Å². The van der Waals surface area contributed by atoms with Gasteiger partial charge in [0.05, 0.1) is 22.2 Å². The van der Waals surface area contributed by atoms with Crippen molar-refractivity contribution >= 4 is 40.5 Å². The van der Waals surface area contributed by atoms with Gasteiger partial charge in [-0.05, 0) is 23.8 Å². The van der Waals surface area contributed by atoms with Gasteiger partial charge in [0, 0.05) is 5.69 Å². The maximum atomic E-state index is 10.8. The molecule has 106 valence electrons. The maximum Gasteiger partial charge on any atom is 0.307 e. The number of hydrogen-bond donors (Lipinski definition) is 2. The van der Waals surface area contributed by atoms with E-state index >= 15 is 0 Å². The van der Waals surface area contributed by atoms with Crippen LogP contribution in [0.5, 0.6) is 0 Å². The third-order valence-electron chi connectivity index (χ3n) is 2.58. The lowest BCUT2D eigenvalue weighted by molar-refractivity contribution is -0.136. The van der Waals surface area contributed by atoms with Crippen LogP contribution in [0.4, 0.5) is 11.4 Å². The summed E-state index contributed by atoms with van der Waals surface area (Å²) in [7, 11) is 0. The lowest BCUT2D eigenvalue weighted by atomic mass is 10.1. The van der Waals surface area contributed by atoms with E-state index in [1.54, 1.807) is 36.4 Å². The van der Waals surface area contributed by atoms with Crippen molar-refractivity contribution in [2.45, 2.75) is 6.42 Å². The molecule has 20 heavy (non-hydrogen) atoms. The van der Waals surface area contributed by atoms with Crippen LogP contribution in [-0.2, 0) is 11.2 Å². The SMILES string of the molecule is O.O=C(O)Cc1ccccc1Nc1c(Cl)cccc1Cl. The molecule has 0 aliphatic carbocycles. The first-order chi connectivity index (χ1) is 9.08. The average molecular weight is 314 g/mol. The highest BCUT2D eigenvalue weighted by Gasteiger charge is 2.10. The van der Waals surface area contributed by atoms with E-state index < -0.39 is 5.97 Å². The molecule has 0 bridgehead atoms. The van der Waals surface area contributed by atoms with Crippen LogP contribution >= 0.6 is 23.2 Å². The topological polar surface area (TPSA) is 80.8 Å². The molecule has 0 aliphatic heterocycles. The third-order valence-corrected chi connectivity index (χ3v) is 3.21. The molecular weight excluding hydrogens is 301 g/mol. The summed E-state index contributed by atoms with van der Waals surface area (Å²) in [5.74, 6) is -0.889. The van der Waals surface area contributed by atoms with E-state index in [0.717, 1.165) is 0 Å². The van der Waals surface area contributed by atoms with Crippen molar-refractivity contribution in [3.05, 3.63) is 58.1 Å². The van der Waals surface area contributed by atoms with E-state index in [1.165, 1.54) is 0 Å². The molecule has 2 aromatic rings. The van der Waals surface area contributed by atoms with E-state index in [1.807, 2.05) is 6.07 Å². The minimum absolute atomic E-state index is 0. The van der Waals surface area contributed by atoms with Crippen LogP contribution < -0.4 is 5.32 Å². The number of para-hydroxylation sites is 2. The summed E-state index contributed by atoms with van der Waals surface area (Å²) < 4.78 is 0. The van der Waals surface area contributed by atoms with Gasteiger partial charge in [0.25, 0.3) is 0 Å². The molecule has 2 aromatic carbocycles. The highest BCUT2D eigenvalue weighted by Crippen LogP contribution is 2.33. The highest BCUT2D eigenvalue weighted by molar-refractivity contribution is 6.39. The molecule has 0 fully saturated rings. The van der Waals surface area contributed by atoms with Gasteiger partial charge in [-0.3, -0.25) is 4.79 Å². The van der Waals surface area contributed by atoms with Crippen LogP contribution in [0, 0.1) is 0 Å². The monoisotopic (exact) mass is 313 g/mol. The van der Waals surface area contributed by atoms with Gasteiger partial charge < -0.3 is 15.9 Å². The second-order valence-electron chi connectivity index (χ2n) is 3.95. The van der Waals surface area contributed by atoms with E-state index in [0.29, 0.717) is 27.0 Å². The van der Waals surface area contributed by atoms with Gasteiger partial charge in [0.1, 0.15) is 0 Å². The number of carboxylic acids is 1. The second kappa shape index (κ2) is 7.14. The van der Waals surface area contributed by atoms with Crippen LogP contribution in [0.15, 0.2) is 42.5 Å². The lowest BCUT2D eigenvalue weighted by Gasteiger charge is -2.13. The fraction of sp³-hybridized carbons (Fsp3) is 0.0714. The van der Waals surface area contributed by atoms with Crippen LogP contribution in [0.3, 0.4) is 0 Å². The van der Waals surface area contributed by atoms with Crippen molar-refractivity contribution < 1.29 is 15.4 Å². The van der Waals surface area contributed by atoms with Gasteiger partial charge in [-0.2, -0.15) is 0 Å². The Labute approximate surface area is 126 Å². The highest BCUT2D eigenvalue weighted by atomic mass is 35.5. The molecule has 0 saturated heterocycles. The Kier molecular flexibility index (Phi) is 5.82. The van der Waals surface area contributed by atoms with Crippen molar-refractivity contribution in [3.8, 4) is 0 Å². The second-order valence-corrected chi connectivity index (χ2v) is 4.76. The molecule has 0 spiro atoms. The van der Waals surface area contributed by atoms with Crippen molar-refractivity contribution in [3.63, 3.8) is 0 Å². The Hall–Kier alpha value is -1.75. The lowest BCUT2D eigenvalue weighted by Crippen LogP contribution is -2.04. The average Bonchev–Trinajstić information content (AvgIpc) is 2.35. The standard InChI is InChI=1S/C14H11Cl2NO2.H2O/c15-10-5-3-6-11(16)14(10)17-12-7-2-1-4-9(12)8-13(18)19;/h1-7,17H,8H2,(H,18,19);1H2. The van der Waals surface area contributed by atoms with Crippen molar-refractivity contribution in [1.82, 2.24) is 0 Å². The van der Waals surface area contributed by atoms with Crippen molar-refractivity contribution in [2.24, 2.45) is 0 Å². The molecule has 0 aliphatic rings. The zero-order valence-electron chi connectivity index (χ0n) is 10.4. The fourth-order valence-electron chi connectivity index (χ4n) is 1.71. The van der Waals surface area contributed by atoms with E-state index in [2.05, 4.69) is 5.32 Å². The first-order valence-electron chi connectivity index (χ1n) is 5.58. The summed E-state index contributed by atoms with van der Waals surface area (Å²) >= 11 is 12.1. The molecular formula is C14H13Cl2NO3. The van der Waals surface area contributed by atoms with Gasteiger partial charge in [-0.15, -0.1) is 0 Å². The first-order valence-corrected chi connectivity index (χ1v) is 6.34. The molecule has 0 amide bonds. The smallest absolute Gasteiger partial charge is 0.307 e. The summed E-state index contributed by atoms with van der Waals surface area (Å²) in [6.45, 7) is 0. The molecule has 0 saturated carbocycles. The number of nitrogens with one attached hydrogen (secondary N) is 1. The minimum atomic E-state index is -0.889. The van der Waals surface area contributed by atoms with E-state index in [9.17, 15) is 4.79 Å². The number of hydrogen-bond acceptors (Lipinski definition) is 2. The van der Waals surface area contributed by atoms with Gasteiger partial charge >= 0.3 is 5.97 Å². The summed E-state index contributed by atoms with van der Waals surface area (Å²) in [6.07, 6.45) is -0.0642. The van der Waals surface area contributed by atoms with Crippen LogP contribution in [0.1, 0.15) is 5.56 Å². The van der Waals surface area contributed by atoms with Gasteiger partial charge in [0.2, 0.25) is 0 Å². The van der Waals surface area contributed by atoms with Crippen LogP contribution in [-0.4, -0.2) is 16.6 Å². The molecule has 0 aromatic heterocycles. The summed E-state index contributed by atoms with van der Waals surface area (Å²) in [5.41, 5.74) is 1.93. The Balaban J connectivity index is 0.00000200. The van der Waals surface area contributed by atoms with Gasteiger partial charge in [-0.25, -0.2) is 0 Å². The number of carboxylic acid groups (broad SMARTS) is 1. The molecule has 0 heterocycles. The van der Waals surface area contributed by atoms with Crippen molar-refractivity contribution in [1.29, 1.82) is 0 Å². The zero-order chi connectivity index (χ0) is 13.8. The van der Waals surface area contributed by atoms with Crippen LogP contribution in [0.2, 0.25) is 10.0 Å². The number of rotatable bonds is 4. The predicted octanol–water partition coefficient (Wildman–Crippen LogP) is 3.54. The first kappa shape index (κ1) is 16.3. The number of carbonyl (C=O) groups is 1. The molecule has 4 N–H and O–H groups in total. The number of halogens is 2. The Morgan fingerprint density at radius 3 is 2.25 bits per heavy atom. The summed E-state index contributed by atoms with van der Waals surface area (Å²) in [4.78, 5) is 10.8. The Morgan fingerprint density at radius 2 is 1.65 bits per heavy atom. The predicted molar refractivity (Wildman–Crippen MR) is 81.1 cm³/mol. The molecule has 0 radical (unpaired) electrons. The molecule has 0 unspecified atom stereocenters. The number of benzene rings is 2. The molecule has 0 atom stereocenters. The Bertz CT molecular complexity index is 597. The van der Waals surface area contributed by atoms with Gasteiger partial charge in [0.15, 0.2) is 0 Å². The fourth-order valence-corrected chi connectivity index (χ4v) is 2.20. The van der Waals surface area contributed by atoms with Crippen LogP contribution in [0.25, 0.3) is 0 Å².